The van der Waals surface area contributed by atoms with E-state index in [9.17, 15) is 19.3 Å². The van der Waals surface area contributed by atoms with Crippen molar-refractivity contribution in [2.24, 2.45) is 0 Å². The van der Waals surface area contributed by atoms with Crippen molar-refractivity contribution in [2.45, 2.75) is 19.3 Å². The van der Waals surface area contributed by atoms with Crippen molar-refractivity contribution < 1.29 is 14.1 Å². The summed E-state index contributed by atoms with van der Waals surface area (Å²) in [6.45, 7) is 1.76. The number of hydrogen-bond donors (Lipinski definition) is 1. The zero-order valence-corrected chi connectivity index (χ0v) is 12.0. The highest BCUT2D eigenvalue weighted by Crippen LogP contribution is 2.30. The third-order valence-corrected chi connectivity index (χ3v) is 3.64. The zero-order valence-electron chi connectivity index (χ0n) is 11.3. The summed E-state index contributed by atoms with van der Waals surface area (Å²) in [6.07, 6.45) is 2.25. The number of nitrogens with zero attached hydrogens (tertiary/aromatic N) is 2. The lowest BCUT2D eigenvalue weighted by Crippen LogP contribution is -2.29. The van der Waals surface area contributed by atoms with Gasteiger partial charge in [-0.3, -0.25) is 14.9 Å². The predicted molar refractivity (Wildman–Crippen MR) is 77.0 cm³/mol. The normalized spacial score (nSPS) is 14.3. The molecule has 1 heterocycles. The molecule has 0 bridgehead atoms. The molecule has 0 radical (unpaired) electrons. The smallest absolute Gasteiger partial charge is 0.295 e. The lowest BCUT2D eigenvalue weighted by Gasteiger charge is -2.15. The largest absolute Gasteiger partial charge is 0.379 e. The second-order valence-corrected chi connectivity index (χ2v) is 5.21. The molecule has 1 N–H and O–H groups in total. The molecule has 1 aliphatic rings. The number of rotatable bonds is 5. The van der Waals surface area contributed by atoms with Crippen molar-refractivity contribution >= 4 is 28.9 Å². The summed E-state index contributed by atoms with van der Waals surface area (Å²) in [5.41, 5.74) is -0.286. The second kappa shape index (κ2) is 6.71. The highest BCUT2D eigenvalue weighted by atomic mass is 35.5. The first-order valence-electron chi connectivity index (χ1n) is 6.64. The molecule has 0 saturated carbocycles. The molecule has 1 fully saturated rings. The molecule has 8 heteroatoms. The number of carbonyl (C=O) groups excluding carboxylic acids is 1. The number of nitrogens with one attached hydrogen (secondary N) is 1. The Labute approximate surface area is 126 Å². The van der Waals surface area contributed by atoms with E-state index >= 15 is 0 Å². The Morgan fingerprint density at radius 2 is 2.10 bits per heavy atom. The Morgan fingerprint density at radius 3 is 2.71 bits per heavy atom. The van der Waals surface area contributed by atoms with Crippen LogP contribution in [0.1, 0.15) is 19.3 Å². The van der Waals surface area contributed by atoms with Crippen LogP contribution in [0.15, 0.2) is 12.1 Å². The summed E-state index contributed by atoms with van der Waals surface area (Å²) < 4.78 is 13.2. The van der Waals surface area contributed by atoms with Crippen LogP contribution in [0, 0.1) is 15.9 Å². The highest BCUT2D eigenvalue weighted by molar-refractivity contribution is 6.31. The van der Waals surface area contributed by atoms with Crippen molar-refractivity contribution in [3.8, 4) is 0 Å². The van der Waals surface area contributed by atoms with Gasteiger partial charge in [0.2, 0.25) is 5.91 Å². The van der Waals surface area contributed by atoms with Crippen LogP contribution in [-0.2, 0) is 4.79 Å². The number of hydrogen-bond acceptors (Lipinski definition) is 4. The molecule has 0 aliphatic carbocycles. The van der Waals surface area contributed by atoms with Crippen LogP contribution in [0.5, 0.6) is 0 Å². The first-order valence-corrected chi connectivity index (χ1v) is 7.02. The zero-order chi connectivity index (χ0) is 15.4. The van der Waals surface area contributed by atoms with Gasteiger partial charge in [-0.15, -0.1) is 0 Å². The monoisotopic (exact) mass is 315 g/mol. The van der Waals surface area contributed by atoms with Crippen LogP contribution < -0.4 is 5.32 Å². The van der Waals surface area contributed by atoms with Gasteiger partial charge in [-0.05, 0) is 18.9 Å². The number of amides is 1. The number of anilines is 1. The van der Waals surface area contributed by atoms with E-state index in [1.165, 1.54) is 0 Å². The van der Waals surface area contributed by atoms with Crippen molar-refractivity contribution in [1.29, 1.82) is 0 Å². The Kier molecular flexibility index (Phi) is 4.95. The van der Waals surface area contributed by atoms with Gasteiger partial charge in [-0.25, -0.2) is 4.39 Å². The maximum atomic E-state index is 13.2. The van der Waals surface area contributed by atoms with E-state index in [2.05, 4.69) is 5.32 Å². The van der Waals surface area contributed by atoms with Crippen LogP contribution in [0.25, 0.3) is 0 Å². The first kappa shape index (κ1) is 15.5. The van der Waals surface area contributed by atoms with E-state index in [0.29, 0.717) is 0 Å². The molecule has 1 aromatic rings. The van der Waals surface area contributed by atoms with E-state index in [4.69, 9.17) is 11.6 Å². The third-order valence-electron chi connectivity index (χ3n) is 3.35. The molecule has 0 atom stereocenters. The van der Waals surface area contributed by atoms with Gasteiger partial charge in [0.15, 0.2) is 0 Å². The van der Waals surface area contributed by atoms with Gasteiger partial charge in [0, 0.05) is 26.1 Å². The minimum Gasteiger partial charge on any atom is -0.379 e. The van der Waals surface area contributed by atoms with Gasteiger partial charge >= 0.3 is 0 Å². The molecule has 1 saturated heterocycles. The molecule has 6 nitrogen and oxygen atoms in total. The number of carbonyl (C=O) groups is 1. The van der Waals surface area contributed by atoms with Gasteiger partial charge in [-0.2, -0.15) is 0 Å². The van der Waals surface area contributed by atoms with Gasteiger partial charge in [0.1, 0.15) is 11.5 Å². The molecule has 1 aromatic carbocycles. The number of benzene rings is 1. The number of nitro benzene ring substituents is 1. The van der Waals surface area contributed by atoms with E-state index in [1.54, 1.807) is 4.90 Å². The Morgan fingerprint density at radius 1 is 1.43 bits per heavy atom. The number of nitro groups is 1. The summed E-state index contributed by atoms with van der Waals surface area (Å²) in [6, 6.07) is 1.93. The van der Waals surface area contributed by atoms with Gasteiger partial charge in [0.05, 0.1) is 16.0 Å². The average Bonchev–Trinajstić information content (AvgIpc) is 2.96. The lowest BCUT2D eigenvalue weighted by molar-refractivity contribution is -0.384. The molecule has 2 rings (SSSR count). The fourth-order valence-corrected chi connectivity index (χ4v) is 2.42. The van der Waals surface area contributed by atoms with E-state index in [-0.39, 0.29) is 29.6 Å². The lowest BCUT2D eigenvalue weighted by atomic mass is 10.2. The van der Waals surface area contributed by atoms with Crippen molar-refractivity contribution in [3.63, 3.8) is 0 Å². The standard InChI is InChI=1S/C13H15ClFN3O3/c14-9-7-11(12(18(20)21)8-10(9)15)16-4-3-13(19)17-5-1-2-6-17/h7-8,16H,1-6H2. The number of halogens is 2. The average molecular weight is 316 g/mol. The van der Waals surface area contributed by atoms with Gasteiger partial charge in [0.25, 0.3) is 5.69 Å². The quantitative estimate of drug-likeness (QED) is 0.669. The molecule has 1 aliphatic heterocycles. The van der Waals surface area contributed by atoms with Crippen LogP contribution in [0.4, 0.5) is 15.8 Å². The fraction of sp³-hybridized carbons (Fsp3) is 0.462. The molecule has 1 amide bonds. The third kappa shape index (κ3) is 3.81. The van der Waals surface area contributed by atoms with E-state index < -0.39 is 16.4 Å². The minimum atomic E-state index is -0.845. The second-order valence-electron chi connectivity index (χ2n) is 4.81. The summed E-state index contributed by atoms with van der Waals surface area (Å²) in [4.78, 5) is 23.8. The molecular formula is C13H15ClFN3O3. The molecule has 21 heavy (non-hydrogen) atoms. The van der Waals surface area contributed by atoms with Crippen molar-refractivity contribution in [1.82, 2.24) is 4.90 Å². The molecular weight excluding hydrogens is 301 g/mol. The van der Waals surface area contributed by atoms with E-state index in [1.807, 2.05) is 0 Å². The Balaban J connectivity index is 1.97. The fourth-order valence-electron chi connectivity index (χ4n) is 2.26. The Hall–Kier alpha value is -1.89. The molecule has 0 unspecified atom stereocenters. The summed E-state index contributed by atoms with van der Waals surface area (Å²) >= 11 is 5.62. The maximum Gasteiger partial charge on any atom is 0.295 e. The van der Waals surface area contributed by atoms with E-state index in [0.717, 1.165) is 38.1 Å². The van der Waals surface area contributed by atoms with Crippen molar-refractivity contribution in [3.05, 3.63) is 33.1 Å². The van der Waals surface area contributed by atoms with Crippen LogP contribution in [0.2, 0.25) is 5.02 Å². The topological polar surface area (TPSA) is 75.5 Å². The minimum absolute atomic E-state index is 0.0101. The first-order chi connectivity index (χ1) is 9.99. The summed E-state index contributed by atoms with van der Waals surface area (Å²) in [5.74, 6) is -0.835. The van der Waals surface area contributed by atoms with Crippen molar-refractivity contribution in [2.75, 3.05) is 25.0 Å². The predicted octanol–water partition coefficient (Wildman–Crippen LogP) is 2.81. The molecule has 0 aromatic heterocycles. The molecule has 114 valence electrons. The number of likely N-dealkylation sites (tertiary alicyclic amines) is 1. The van der Waals surface area contributed by atoms with Crippen LogP contribution in [-0.4, -0.2) is 35.4 Å². The molecule has 0 spiro atoms. The van der Waals surface area contributed by atoms with Crippen LogP contribution >= 0.6 is 11.6 Å². The summed E-state index contributed by atoms with van der Waals surface area (Å²) in [5, 5.41) is 13.4. The van der Waals surface area contributed by atoms with Gasteiger partial charge in [-0.1, -0.05) is 11.6 Å². The van der Waals surface area contributed by atoms with Crippen LogP contribution in [0.3, 0.4) is 0 Å². The SMILES string of the molecule is O=C(CCNc1cc(Cl)c(F)cc1[N+](=O)[O-])N1CCCC1. The summed E-state index contributed by atoms with van der Waals surface area (Å²) in [7, 11) is 0. The highest BCUT2D eigenvalue weighted by Gasteiger charge is 2.20. The maximum absolute atomic E-state index is 13.2. The van der Waals surface area contributed by atoms with Gasteiger partial charge < -0.3 is 10.2 Å². The Bertz CT molecular complexity index is 562.